The molecule has 2 aromatic carbocycles. The standard InChI is InChI=1S/C22H22ClF3N2O.ClH/c23-18-16(9-4-10-17(18)22(24,25)26)20(29)28-19(15-7-2-1-3-8-15)21-11-5-6-14(12-21)13-27-21;/h1-4,7-10,14,19,27H,5-6,11-13H2,(H,28,29);1H. The van der Waals surface area contributed by atoms with Crippen LogP contribution in [0.1, 0.15) is 53.2 Å². The quantitative estimate of drug-likeness (QED) is 0.609. The first kappa shape index (κ1) is 22.9. The predicted molar refractivity (Wildman–Crippen MR) is 113 cm³/mol. The Morgan fingerprint density at radius 2 is 1.90 bits per heavy atom. The van der Waals surface area contributed by atoms with Crippen molar-refractivity contribution in [2.75, 3.05) is 6.54 Å². The second-order valence-electron chi connectivity index (χ2n) is 7.98. The number of benzene rings is 2. The molecule has 162 valence electrons. The summed E-state index contributed by atoms with van der Waals surface area (Å²) in [5.74, 6) is -0.0378. The lowest BCUT2D eigenvalue weighted by atomic mass is 9.73. The number of carbonyl (C=O) groups excluding carboxylic acids is 1. The molecule has 2 aliphatic rings. The van der Waals surface area contributed by atoms with E-state index in [2.05, 4.69) is 10.6 Å². The first-order chi connectivity index (χ1) is 13.8. The number of rotatable bonds is 4. The number of carbonyl (C=O) groups is 1. The van der Waals surface area contributed by atoms with E-state index in [1.54, 1.807) is 0 Å². The van der Waals surface area contributed by atoms with Crippen molar-refractivity contribution in [2.24, 2.45) is 5.92 Å². The predicted octanol–water partition coefficient (Wildman–Crippen LogP) is 5.78. The molecule has 2 bridgehead atoms. The minimum absolute atomic E-state index is 0. The van der Waals surface area contributed by atoms with Crippen LogP contribution in [0.25, 0.3) is 0 Å². The summed E-state index contributed by atoms with van der Waals surface area (Å²) in [5.41, 5.74) is -0.533. The zero-order valence-corrected chi connectivity index (χ0v) is 17.7. The maximum Gasteiger partial charge on any atom is 0.417 e. The highest BCUT2D eigenvalue weighted by molar-refractivity contribution is 6.34. The minimum Gasteiger partial charge on any atom is -0.343 e. The van der Waals surface area contributed by atoms with Gasteiger partial charge in [-0.25, -0.2) is 0 Å². The first-order valence-corrected chi connectivity index (χ1v) is 10.1. The smallest absolute Gasteiger partial charge is 0.343 e. The molecule has 2 N–H and O–H groups in total. The zero-order valence-electron chi connectivity index (χ0n) is 16.1. The SMILES string of the molecule is Cl.O=C(NC(c1ccccc1)C12CCCC(CN1)C2)c1cccc(C(F)(F)F)c1Cl. The van der Waals surface area contributed by atoms with Gasteiger partial charge in [-0.05, 0) is 49.4 Å². The number of hydrogen-bond acceptors (Lipinski definition) is 2. The maximum absolute atomic E-state index is 13.2. The molecule has 4 rings (SSSR count). The molecule has 1 saturated heterocycles. The molecule has 0 aromatic heterocycles. The molecule has 3 atom stereocenters. The van der Waals surface area contributed by atoms with Gasteiger partial charge < -0.3 is 10.6 Å². The molecule has 2 fully saturated rings. The van der Waals surface area contributed by atoms with Crippen LogP contribution in [0.2, 0.25) is 5.02 Å². The van der Waals surface area contributed by atoms with E-state index in [1.807, 2.05) is 30.3 Å². The van der Waals surface area contributed by atoms with Gasteiger partial charge in [-0.2, -0.15) is 13.2 Å². The van der Waals surface area contributed by atoms with E-state index in [9.17, 15) is 18.0 Å². The first-order valence-electron chi connectivity index (χ1n) is 9.77. The van der Waals surface area contributed by atoms with Crippen molar-refractivity contribution in [2.45, 2.75) is 43.4 Å². The summed E-state index contributed by atoms with van der Waals surface area (Å²) in [4.78, 5) is 13.1. The average Bonchev–Trinajstić information content (AvgIpc) is 3.00. The third-order valence-electron chi connectivity index (χ3n) is 6.14. The second-order valence-corrected chi connectivity index (χ2v) is 8.36. The van der Waals surface area contributed by atoms with Gasteiger partial charge in [0.05, 0.1) is 22.2 Å². The van der Waals surface area contributed by atoms with E-state index in [-0.39, 0.29) is 29.6 Å². The molecule has 1 aliphatic heterocycles. The van der Waals surface area contributed by atoms with Gasteiger partial charge in [-0.1, -0.05) is 54.4 Å². The van der Waals surface area contributed by atoms with Gasteiger partial charge in [-0.15, -0.1) is 12.4 Å². The highest BCUT2D eigenvalue weighted by Crippen LogP contribution is 2.45. The van der Waals surface area contributed by atoms with Crippen molar-refractivity contribution < 1.29 is 18.0 Å². The molecule has 30 heavy (non-hydrogen) atoms. The molecule has 2 aromatic rings. The Labute approximate surface area is 184 Å². The molecular formula is C22H23Cl2F3N2O. The van der Waals surface area contributed by atoms with E-state index < -0.39 is 22.7 Å². The molecule has 3 unspecified atom stereocenters. The molecule has 1 heterocycles. The Balaban J connectivity index is 0.00000256. The fraction of sp³-hybridized carbons (Fsp3) is 0.409. The van der Waals surface area contributed by atoms with Crippen LogP contribution in [-0.2, 0) is 6.18 Å². The Bertz CT molecular complexity index is 903. The lowest BCUT2D eigenvalue weighted by molar-refractivity contribution is -0.137. The van der Waals surface area contributed by atoms with Crippen molar-refractivity contribution in [1.29, 1.82) is 0 Å². The van der Waals surface area contributed by atoms with Crippen LogP contribution in [-0.4, -0.2) is 18.0 Å². The molecule has 3 nitrogen and oxygen atoms in total. The summed E-state index contributed by atoms with van der Waals surface area (Å²) in [7, 11) is 0. The maximum atomic E-state index is 13.2. The molecular weight excluding hydrogens is 436 g/mol. The van der Waals surface area contributed by atoms with E-state index in [0.29, 0.717) is 5.92 Å². The van der Waals surface area contributed by atoms with E-state index in [0.717, 1.165) is 43.9 Å². The molecule has 1 amide bonds. The van der Waals surface area contributed by atoms with Crippen LogP contribution in [0.4, 0.5) is 13.2 Å². The Kier molecular flexibility index (Phi) is 6.70. The molecule has 1 saturated carbocycles. The summed E-state index contributed by atoms with van der Waals surface area (Å²) in [5, 5.41) is 6.05. The molecule has 8 heteroatoms. The molecule has 1 aliphatic carbocycles. The third kappa shape index (κ3) is 4.32. The number of fused-ring (bicyclic) bond motifs is 2. The summed E-state index contributed by atoms with van der Waals surface area (Å²) in [6.07, 6.45) is -0.567. The van der Waals surface area contributed by atoms with Gasteiger partial charge in [0.15, 0.2) is 0 Å². The minimum atomic E-state index is -4.62. The van der Waals surface area contributed by atoms with E-state index in [1.165, 1.54) is 12.1 Å². The van der Waals surface area contributed by atoms with Crippen LogP contribution in [0.5, 0.6) is 0 Å². The largest absolute Gasteiger partial charge is 0.417 e. The summed E-state index contributed by atoms with van der Waals surface area (Å²) >= 11 is 5.98. The number of hydrogen-bond donors (Lipinski definition) is 2. The molecule has 0 radical (unpaired) electrons. The van der Waals surface area contributed by atoms with Crippen molar-refractivity contribution in [3.63, 3.8) is 0 Å². The van der Waals surface area contributed by atoms with Crippen molar-refractivity contribution in [3.05, 3.63) is 70.2 Å². The Hall–Kier alpha value is -1.76. The monoisotopic (exact) mass is 458 g/mol. The van der Waals surface area contributed by atoms with E-state index in [4.69, 9.17) is 11.6 Å². The molecule has 0 spiro atoms. The lowest BCUT2D eigenvalue weighted by Gasteiger charge is -2.41. The Morgan fingerprint density at radius 3 is 2.60 bits per heavy atom. The van der Waals surface area contributed by atoms with Crippen molar-refractivity contribution in [1.82, 2.24) is 10.6 Å². The average molecular weight is 459 g/mol. The Morgan fingerprint density at radius 1 is 1.17 bits per heavy atom. The highest BCUT2D eigenvalue weighted by atomic mass is 35.5. The van der Waals surface area contributed by atoms with Crippen molar-refractivity contribution >= 4 is 29.9 Å². The normalized spacial score (nSPS) is 24.1. The summed E-state index contributed by atoms with van der Waals surface area (Å²) < 4.78 is 39.6. The number of nitrogens with one attached hydrogen (secondary N) is 2. The van der Waals surface area contributed by atoms with Crippen LogP contribution in [0.15, 0.2) is 48.5 Å². The van der Waals surface area contributed by atoms with Gasteiger partial charge in [-0.3, -0.25) is 4.79 Å². The van der Waals surface area contributed by atoms with Gasteiger partial charge in [0.1, 0.15) is 0 Å². The highest BCUT2D eigenvalue weighted by Gasteiger charge is 2.48. The zero-order chi connectivity index (χ0) is 20.6. The summed E-state index contributed by atoms with van der Waals surface area (Å²) in [6.45, 7) is 0.892. The van der Waals surface area contributed by atoms with Gasteiger partial charge in [0.25, 0.3) is 5.91 Å². The topological polar surface area (TPSA) is 41.1 Å². The number of amides is 1. The van der Waals surface area contributed by atoms with Gasteiger partial charge in [0, 0.05) is 5.54 Å². The summed E-state index contributed by atoms with van der Waals surface area (Å²) in [6, 6.07) is 12.7. The number of halogens is 5. The van der Waals surface area contributed by atoms with Crippen LogP contribution >= 0.6 is 24.0 Å². The fourth-order valence-electron chi connectivity index (χ4n) is 4.79. The third-order valence-corrected chi connectivity index (χ3v) is 6.55. The van der Waals surface area contributed by atoms with E-state index >= 15 is 0 Å². The van der Waals surface area contributed by atoms with Crippen LogP contribution in [0, 0.1) is 5.92 Å². The van der Waals surface area contributed by atoms with Crippen molar-refractivity contribution in [3.8, 4) is 0 Å². The van der Waals surface area contributed by atoms with Gasteiger partial charge in [0.2, 0.25) is 0 Å². The number of alkyl halides is 3. The lowest BCUT2D eigenvalue weighted by Crippen LogP contribution is -2.52. The van der Waals surface area contributed by atoms with Crippen LogP contribution < -0.4 is 10.6 Å². The van der Waals surface area contributed by atoms with Gasteiger partial charge >= 0.3 is 6.18 Å². The second kappa shape index (κ2) is 8.77. The van der Waals surface area contributed by atoms with Crippen LogP contribution in [0.3, 0.4) is 0 Å². The fourth-order valence-corrected chi connectivity index (χ4v) is 5.11.